The molecule has 15 heavy (non-hydrogen) atoms. The van der Waals surface area contributed by atoms with Crippen molar-refractivity contribution in [2.45, 2.75) is 0 Å². The second kappa shape index (κ2) is 3.83. The van der Waals surface area contributed by atoms with Gasteiger partial charge in [-0.2, -0.15) is 4.98 Å². The van der Waals surface area contributed by atoms with Crippen LogP contribution >= 0.6 is 0 Å². The van der Waals surface area contributed by atoms with Crippen LogP contribution in [0.15, 0.2) is 36.5 Å². The Balaban J connectivity index is 2.25. The van der Waals surface area contributed by atoms with Gasteiger partial charge in [-0.15, -0.1) is 0 Å². The molecule has 76 valence electrons. The molecule has 0 radical (unpaired) electrons. The number of benzene rings is 1. The van der Waals surface area contributed by atoms with E-state index in [1.165, 1.54) is 0 Å². The third-order valence-electron chi connectivity index (χ3n) is 1.89. The van der Waals surface area contributed by atoms with Crippen LogP contribution in [0.2, 0.25) is 0 Å². The zero-order chi connectivity index (χ0) is 10.7. The van der Waals surface area contributed by atoms with Crippen LogP contribution in [0.3, 0.4) is 0 Å². The number of hydrogen-bond acceptors (Lipinski definition) is 5. The Morgan fingerprint density at radius 2 is 1.80 bits per heavy atom. The van der Waals surface area contributed by atoms with Crippen LogP contribution in [-0.2, 0) is 0 Å². The Morgan fingerprint density at radius 1 is 1.07 bits per heavy atom. The molecule has 0 bridgehead atoms. The second-order valence-corrected chi connectivity index (χ2v) is 3.02. The molecule has 2 aromatic rings. The number of nitrogens with one attached hydrogen (secondary N) is 1. The van der Waals surface area contributed by atoms with Crippen molar-refractivity contribution in [3.8, 4) is 0 Å². The van der Waals surface area contributed by atoms with Gasteiger partial charge in [-0.05, 0) is 12.1 Å². The lowest BCUT2D eigenvalue weighted by molar-refractivity contribution is 1.19. The smallest absolute Gasteiger partial charge is 0.222 e. The molecule has 0 unspecified atom stereocenters. The molecule has 0 saturated carbocycles. The molecular formula is C10H11N5. The summed E-state index contributed by atoms with van der Waals surface area (Å²) in [6, 6.07) is 9.65. The van der Waals surface area contributed by atoms with Gasteiger partial charge in [-0.25, -0.2) is 4.98 Å². The van der Waals surface area contributed by atoms with E-state index in [2.05, 4.69) is 15.3 Å². The first-order chi connectivity index (χ1) is 7.25. The quantitative estimate of drug-likeness (QED) is 0.683. The van der Waals surface area contributed by atoms with E-state index in [1.807, 2.05) is 30.3 Å². The second-order valence-electron chi connectivity index (χ2n) is 3.02. The zero-order valence-electron chi connectivity index (χ0n) is 8.01. The van der Waals surface area contributed by atoms with Gasteiger partial charge in [0.05, 0.1) is 6.20 Å². The highest BCUT2D eigenvalue weighted by atomic mass is 15.1. The first-order valence-corrected chi connectivity index (χ1v) is 4.46. The van der Waals surface area contributed by atoms with E-state index in [4.69, 9.17) is 11.5 Å². The molecule has 0 aliphatic rings. The summed E-state index contributed by atoms with van der Waals surface area (Å²) in [4.78, 5) is 7.71. The lowest BCUT2D eigenvalue weighted by atomic mass is 10.3. The van der Waals surface area contributed by atoms with Crippen LogP contribution in [0.1, 0.15) is 0 Å². The number of nitrogens with two attached hydrogens (primary N) is 2. The zero-order valence-corrected chi connectivity index (χ0v) is 8.01. The van der Waals surface area contributed by atoms with Crippen LogP contribution in [0.5, 0.6) is 0 Å². The van der Waals surface area contributed by atoms with E-state index in [0.29, 0.717) is 11.5 Å². The van der Waals surface area contributed by atoms with Crippen molar-refractivity contribution in [3.05, 3.63) is 36.5 Å². The van der Waals surface area contributed by atoms with E-state index in [0.717, 1.165) is 5.69 Å². The van der Waals surface area contributed by atoms with Crippen molar-refractivity contribution in [2.75, 3.05) is 16.8 Å². The van der Waals surface area contributed by atoms with Crippen molar-refractivity contribution < 1.29 is 0 Å². The average molecular weight is 201 g/mol. The summed E-state index contributed by atoms with van der Waals surface area (Å²) in [5.41, 5.74) is 12.6. The van der Waals surface area contributed by atoms with Gasteiger partial charge in [0.2, 0.25) is 5.95 Å². The average Bonchev–Trinajstić information content (AvgIpc) is 2.24. The van der Waals surface area contributed by atoms with Crippen LogP contribution in [0, 0.1) is 0 Å². The van der Waals surface area contributed by atoms with Crippen molar-refractivity contribution >= 4 is 23.1 Å². The van der Waals surface area contributed by atoms with E-state index < -0.39 is 0 Å². The van der Waals surface area contributed by atoms with Crippen LogP contribution in [0.25, 0.3) is 0 Å². The monoisotopic (exact) mass is 201 g/mol. The molecule has 0 spiro atoms. The molecule has 1 aromatic carbocycles. The van der Waals surface area contributed by atoms with Gasteiger partial charge in [0.15, 0.2) is 5.82 Å². The molecule has 0 fully saturated rings. The van der Waals surface area contributed by atoms with Gasteiger partial charge >= 0.3 is 0 Å². The maximum absolute atomic E-state index is 5.68. The van der Waals surface area contributed by atoms with Crippen LogP contribution < -0.4 is 16.8 Å². The van der Waals surface area contributed by atoms with Gasteiger partial charge in [-0.1, -0.05) is 18.2 Å². The standard InChI is InChI=1S/C10H11N5/c11-9-8(6-13-10(12)15-9)14-7-4-2-1-3-5-7/h1-6,14H,(H4,11,12,13,15). The minimum atomic E-state index is 0.172. The fourth-order valence-electron chi connectivity index (χ4n) is 1.18. The third-order valence-corrected chi connectivity index (χ3v) is 1.89. The summed E-state index contributed by atoms with van der Waals surface area (Å²) < 4.78 is 0. The SMILES string of the molecule is Nc1ncc(Nc2ccccc2)c(N)n1. The van der Waals surface area contributed by atoms with Gasteiger partial charge in [-0.3, -0.25) is 0 Å². The Morgan fingerprint density at radius 3 is 2.47 bits per heavy atom. The minimum Gasteiger partial charge on any atom is -0.382 e. The molecule has 1 aromatic heterocycles. The number of nitrogens with zero attached hydrogens (tertiary/aromatic N) is 2. The maximum atomic E-state index is 5.68. The molecule has 5 N–H and O–H groups in total. The van der Waals surface area contributed by atoms with Crippen molar-refractivity contribution in [2.24, 2.45) is 0 Å². The fraction of sp³-hybridized carbons (Fsp3) is 0. The summed E-state index contributed by atoms with van der Waals surface area (Å²) >= 11 is 0. The number of hydrogen-bond donors (Lipinski definition) is 3. The van der Waals surface area contributed by atoms with Crippen molar-refractivity contribution in [1.29, 1.82) is 0 Å². The Hall–Kier alpha value is -2.30. The van der Waals surface area contributed by atoms with E-state index >= 15 is 0 Å². The van der Waals surface area contributed by atoms with Crippen molar-refractivity contribution in [1.82, 2.24) is 9.97 Å². The summed E-state index contributed by atoms with van der Waals surface area (Å²) in [6.07, 6.45) is 1.56. The Bertz CT molecular complexity index is 455. The predicted octanol–water partition coefficient (Wildman–Crippen LogP) is 1.38. The molecular weight excluding hydrogens is 190 g/mol. The van der Waals surface area contributed by atoms with Crippen molar-refractivity contribution in [3.63, 3.8) is 0 Å². The molecule has 2 rings (SSSR count). The van der Waals surface area contributed by atoms with Gasteiger partial charge in [0.25, 0.3) is 0 Å². The highest BCUT2D eigenvalue weighted by molar-refractivity contribution is 5.69. The Kier molecular flexibility index (Phi) is 2.37. The summed E-state index contributed by atoms with van der Waals surface area (Å²) in [7, 11) is 0. The first kappa shape index (κ1) is 9.26. The number of rotatable bonds is 2. The van der Waals surface area contributed by atoms with Crippen LogP contribution in [-0.4, -0.2) is 9.97 Å². The summed E-state index contributed by atoms with van der Waals surface area (Å²) in [6.45, 7) is 0. The topological polar surface area (TPSA) is 89.8 Å². The molecule has 1 heterocycles. The molecule has 0 aliphatic heterocycles. The lowest BCUT2D eigenvalue weighted by Crippen LogP contribution is -2.03. The molecule has 5 heteroatoms. The third kappa shape index (κ3) is 2.14. The number of para-hydroxylation sites is 1. The van der Waals surface area contributed by atoms with Gasteiger partial charge in [0.1, 0.15) is 5.69 Å². The number of nitrogen functional groups attached to an aromatic ring is 2. The molecule has 0 aliphatic carbocycles. The summed E-state index contributed by atoms with van der Waals surface area (Å²) in [5.74, 6) is 0.512. The highest BCUT2D eigenvalue weighted by Gasteiger charge is 2.01. The van der Waals surface area contributed by atoms with Gasteiger partial charge < -0.3 is 16.8 Å². The number of anilines is 4. The molecule has 0 atom stereocenters. The van der Waals surface area contributed by atoms with Gasteiger partial charge in [0, 0.05) is 5.69 Å². The highest BCUT2D eigenvalue weighted by Crippen LogP contribution is 2.20. The minimum absolute atomic E-state index is 0.172. The normalized spacial score (nSPS) is 9.87. The molecule has 5 nitrogen and oxygen atoms in total. The first-order valence-electron chi connectivity index (χ1n) is 4.46. The fourth-order valence-corrected chi connectivity index (χ4v) is 1.18. The van der Waals surface area contributed by atoms with E-state index in [9.17, 15) is 0 Å². The van der Waals surface area contributed by atoms with E-state index in [1.54, 1.807) is 6.20 Å². The molecule has 0 amide bonds. The maximum Gasteiger partial charge on any atom is 0.222 e. The summed E-state index contributed by atoms with van der Waals surface area (Å²) in [5, 5.41) is 3.09. The predicted molar refractivity (Wildman–Crippen MR) is 60.6 cm³/mol. The Labute approximate surface area is 87.2 Å². The largest absolute Gasteiger partial charge is 0.382 e. The van der Waals surface area contributed by atoms with E-state index in [-0.39, 0.29) is 5.95 Å². The lowest BCUT2D eigenvalue weighted by Gasteiger charge is -2.07. The molecule has 0 saturated heterocycles. The number of aromatic nitrogens is 2. The van der Waals surface area contributed by atoms with Crippen LogP contribution in [0.4, 0.5) is 23.1 Å².